The highest BCUT2D eigenvalue weighted by atomic mass is 16.4. The first-order valence-corrected chi connectivity index (χ1v) is 4.95. The van der Waals surface area contributed by atoms with Gasteiger partial charge < -0.3 is 10.8 Å². The number of carboxylic acid groups (broad SMARTS) is 1. The van der Waals surface area contributed by atoms with E-state index in [0.717, 1.165) is 6.42 Å². The Morgan fingerprint density at radius 3 is 2.62 bits per heavy atom. The molecule has 0 fully saturated rings. The lowest BCUT2D eigenvalue weighted by Gasteiger charge is -2.10. The summed E-state index contributed by atoms with van der Waals surface area (Å²) >= 11 is 0. The largest absolute Gasteiger partial charge is 0.476 e. The van der Waals surface area contributed by atoms with E-state index in [4.69, 9.17) is 10.8 Å². The number of carbonyl (C=O) groups is 2. The Labute approximate surface area is 92.2 Å². The van der Waals surface area contributed by atoms with Crippen LogP contribution in [0.3, 0.4) is 0 Å². The molecular formula is C9H14N4O3. The van der Waals surface area contributed by atoms with Gasteiger partial charge in [0.05, 0.1) is 5.69 Å². The van der Waals surface area contributed by atoms with Gasteiger partial charge in [-0.25, -0.2) is 9.48 Å². The second-order valence-electron chi connectivity index (χ2n) is 3.46. The van der Waals surface area contributed by atoms with Crippen molar-refractivity contribution in [2.75, 3.05) is 0 Å². The van der Waals surface area contributed by atoms with Gasteiger partial charge in [-0.05, 0) is 13.3 Å². The summed E-state index contributed by atoms with van der Waals surface area (Å²) in [5.74, 6) is -1.72. The van der Waals surface area contributed by atoms with E-state index < -0.39 is 17.9 Å². The fraction of sp³-hybridized carbons (Fsp3) is 0.556. The van der Waals surface area contributed by atoms with Crippen LogP contribution in [0.5, 0.6) is 0 Å². The molecule has 0 saturated heterocycles. The fourth-order valence-corrected chi connectivity index (χ4v) is 1.38. The Bertz CT molecular complexity index is 413. The second kappa shape index (κ2) is 4.73. The van der Waals surface area contributed by atoms with Crippen molar-refractivity contribution in [1.82, 2.24) is 15.0 Å². The zero-order chi connectivity index (χ0) is 12.3. The number of carbonyl (C=O) groups excluding carboxylic acids is 1. The summed E-state index contributed by atoms with van der Waals surface area (Å²) in [4.78, 5) is 21.9. The molecule has 0 aliphatic carbocycles. The summed E-state index contributed by atoms with van der Waals surface area (Å²) in [7, 11) is 0. The fourth-order valence-electron chi connectivity index (χ4n) is 1.38. The second-order valence-corrected chi connectivity index (χ2v) is 3.46. The molecule has 3 N–H and O–H groups in total. The van der Waals surface area contributed by atoms with E-state index in [2.05, 4.69) is 10.3 Å². The molecule has 1 rings (SSSR count). The Hall–Kier alpha value is -1.92. The lowest BCUT2D eigenvalue weighted by Crippen LogP contribution is -2.26. The van der Waals surface area contributed by atoms with Crippen LogP contribution < -0.4 is 5.73 Å². The molecular weight excluding hydrogens is 212 g/mol. The van der Waals surface area contributed by atoms with Crippen LogP contribution in [0.1, 0.15) is 42.5 Å². The molecule has 1 heterocycles. The number of primary amides is 1. The molecule has 7 heteroatoms. The molecule has 0 bridgehead atoms. The molecule has 0 aromatic carbocycles. The number of aromatic carboxylic acids is 1. The SMILES string of the molecule is CCCc1c(C(=O)O)nnn1C(C)C(N)=O. The van der Waals surface area contributed by atoms with E-state index in [9.17, 15) is 9.59 Å². The number of rotatable bonds is 5. The average Bonchev–Trinajstić information content (AvgIpc) is 2.61. The summed E-state index contributed by atoms with van der Waals surface area (Å²) < 4.78 is 1.27. The normalized spacial score (nSPS) is 12.4. The van der Waals surface area contributed by atoms with Crippen LogP contribution in [0.2, 0.25) is 0 Å². The van der Waals surface area contributed by atoms with Crippen LogP contribution >= 0.6 is 0 Å². The van der Waals surface area contributed by atoms with Gasteiger partial charge in [0.2, 0.25) is 5.91 Å². The van der Waals surface area contributed by atoms with Gasteiger partial charge in [0.1, 0.15) is 6.04 Å². The minimum atomic E-state index is -1.15. The van der Waals surface area contributed by atoms with E-state index in [1.54, 1.807) is 6.92 Å². The summed E-state index contributed by atoms with van der Waals surface area (Å²) in [5, 5.41) is 16.1. The minimum Gasteiger partial charge on any atom is -0.476 e. The van der Waals surface area contributed by atoms with Gasteiger partial charge in [0.25, 0.3) is 0 Å². The number of carboxylic acids is 1. The average molecular weight is 226 g/mol. The standard InChI is InChI=1S/C9H14N4O3/c1-3-4-6-7(9(15)16)11-12-13(6)5(2)8(10)14/h5H,3-4H2,1-2H3,(H2,10,14)(H,15,16). The maximum Gasteiger partial charge on any atom is 0.358 e. The highest BCUT2D eigenvalue weighted by Gasteiger charge is 2.23. The van der Waals surface area contributed by atoms with Gasteiger partial charge in [0, 0.05) is 0 Å². The lowest BCUT2D eigenvalue weighted by atomic mass is 10.2. The van der Waals surface area contributed by atoms with Crippen molar-refractivity contribution in [1.29, 1.82) is 0 Å². The van der Waals surface area contributed by atoms with Crippen molar-refractivity contribution in [3.63, 3.8) is 0 Å². The Kier molecular flexibility index (Phi) is 3.60. The van der Waals surface area contributed by atoms with Gasteiger partial charge in [-0.3, -0.25) is 4.79 Å². The number of hydrogen-bond acceptors (Lipinski definition) is 4. The van der Waals surface area contributed by atoms with E-state index in [0.29, 0.717) is 12.1 Å². The number of amides is 1. The molecule has 0 spiro atoms. The first-order chi connectivity index (χ1) is 7.49. The van der Waals surface area contributed by atoms with E-state index in [1.807, 2.05) is 6.92 Å². The summed E-state index contributed by atoms with van der Waals surface area (Å²) in [5.41, 5.74) is 5.46. The number of nitrogens with zero attached hydrogens (tertiary/aromatic N) is 3. The van der Waals surface area contributed by atoms with E-state index in [1.165, 1.54) is 4.68 Å². The molecule has 16 heavy (non-hydrogen) atoms. The lowest BCUT2D eigenvalue weighted by molar-refractivity contribution is -0.121. The third kappa shape index (κ3) is 2.18. The molecule has 1 aromatic rings. The van der Waals surface area contributed by atoms with E-state index >= 15 is 0 Å². The van der Waals surface area contributed by atoms with Crippen LogP contribution in [0.25, 0.3) is 0 Å². The molecule has 88 valence electrons. The molecule has 1 amide bonds. The topological polar surface area (TPSA) is 111 Å². The van der Waals surface area contributed by atoms with Crippen LogP contribution in [0.15, 0.2) is 0 Å². The van der Waals surface area contributed by atoms with Crippen molar-refractivity contribution in [2.45, 2.75) is 32.7 Å². The first-order valence-electron chi connectivity index (χ1n) is 4.95. The van der Waals surface area contributed by atoms with Crippen molar-refractivity contribution in [2.24, 2.45) is 5.73 Å². The highest BCUT2D eigenvalue weighted by molar-refractivity contribution is 5.86. The zero-order valence-corrected chi connectivity index (χ0v) is 9.17. The van der Waals surface area contributed by atoms with Gasteiger partial charge >= 0.3 is 5.97 Å². The number of aromatic nitrogens is 3. The summed E-state index contributed by atoms with van der Waals surface area (Å²) in [6.07, 6.45) is 1.23. The Morgan fingerprint density at radius 2 is 2.19 bits per heavy atom. The molecule has 1 atom stereocenters. The molecule has 1 unspecified atom stereocenters. The summed E-state index contributed by atoms with van der Waals surface area (Å²) in [6, 6.07) is -0.692. The molecule has 0 saturated carbocycles. The van der Waals surface area contributed by atoms with Crippen molar-refractivity contribution in [3.8, 4) is 0 Å². The van der Waals surface area contributed by atoms with Crippen molar-refractivity contribution >= 4 is 11.9 Å². The predicted octanol–water partition coefficient (Wildman–Crippen LogP) is -0.0249. The number of hydrogen-bond donors (Lipinski definition) is 2. The monoisotopic (exact) mass is 226 g/mol. The Balaban J connectivity index is 3.19. The first kappa shape index (κ1) is 12.2. The molecule has 0 aliphatic heterocycles. The maximum atomic E-state index is 11.0. The van der Waals surface area contributed by atoms with Gasteiger partial charge in [-0.2, -0.15) is 0 Å². The molecule has 0 radical (unpaired) electrons. The van der Waals surface area contributed by atoms with Crippen molar-refractivity contribution in [3.05, 3.63) is 11.4 Å². The quantitative estimate of drug-likeness (QED) is 0.732. The van der Waals surface area contributed by atoms with Gasteiger partial charge in [-0.1, -0.05) is 18.6 Å². The zero-order valence-electron chi connectivity index (χ0n) is 9.17. The molecule has 0 aliphatic rings. The predicted molar refractivity (Wildman–Crippen MR) is 54.9 cm³/mol. The maximum absolute atomic E-state index is 11.0. The smallest absolute Gasteiger partial charge is 0.358 e. The van der Waals surface area contributed by atoms with Gasteiger partial charge in [-0.15, -0.1) is 5.10 Å². The molecule has 1 aromatic heterocycles. The van der Waals surface area contributed by atoms with E-state index in [-0.39, 0.29) is 5.69 Å². The third-order valence-corrected chi connectivity index (χ3v) is 2.26. The van der Waals surface area contributed by atoms with Crippen LogP contribution in [0, 0.1) is 0 Å². The molecule has 7 nitrogen and oxygen atoms in total. The van der Waals surface area contributed by atoms with Crippen molar-refractivity contribution < 1.29 is 14.7 Å². The van der Waals surface area contributed by atoms with Crippen LogP contribution in [0.4, 0.5) is 0 Å². The van der Waals surface area contributed by atoms with Crippen LogP contribution in [-0.4, -0.2) is 32.0 Å². The third-order valence-electron chi connectivity index (χ3n) is 2.26. The highest BCUT2D eigenvalue weighted by Crippen LogP contribution is 2.13. The number of nitrogens with two attached hydrogens (primary N) is 1. The minimum absolute atomic E-state index is 0.116. The summed E-state index contributed by atoms with van der Waals surface area (Å²) in [6.45, 7) is 3.46. The van der Waals surface area contributed by atoms with Gasteiger partial charge in [0.15, 0.2) is 5.69 Å². The van der Waals surface area contributed by atoms with Crippen LogP contribution in [-0.2, 0) is 11.2 Å². The Morgan fingerprint density at radius 1 is 1.56 bits per heavy atom.